The number of carbonyl (C=O) groups excluding carboxylic acids is 2. The Labute approximate surface area is 164 Å². The largest absolute Gasteiger partial charge is 0.466 e. The number of ketones is 1. The van der Waals surface area contributed by atoms with E-state index in [0.29, 0.717) is 29.9 Å². The number of nitrogens with zero attached hydrogens (tertiary/aromatic N) is 1. The Kier molecular flexibility index (Phi) is 4.75. The van der Waals surface area contributed by atoms with Crippen molar-refractivity contribution in [2.75, 3.05) is 7.11 Å². The molecule has 5 nitrogen and oxygen atoms in total. The molecule has 0 spiro atoms. The van der Waals surface area contributed by atoms with Crippen LogP contribution in [0.4, 0.5) is 0 Å². The topological polar surface area (TPSA) is 68.9 Å². The Morgan fingerprint density at radius 3 is 2.46 bits per heavy atom. The minimum Gasteiger partial charge on any atom is -0.466 e. The zero-order chi connectivity index (χ0) is 19.8. The summed E-state index contributed by atoms with van der Waals surface area (Å²) in [5.41, 5.74) is 2.98. The van der Waals surface area contributed by atoms with Crippen molar-refractivity contribution in [3.8, 4) is 0 Å². The summed E-state index contributed by atoms with van der Waals surface area (Å²) in [6, 6.07) is 13.8. The van der Waals surface area contributed by atoms with Crippen LogP contribution < -0.4 is 0 Å². The van der Waals surface area contributed by atoms with Gasteiger partial charge in [0.25, 0.3) is 0 Å². The van der Waals surface area contributed by atoms with Crippen molar-refractivity contribution < 1.29 is 18.7 Å². The molecule has 0 N–H and O–H groups in total. The monoisotopic (exact) mass is 377 g/mol. The van der Waals surface area contributed by atoms with Crippen LogP contribution in [-0.2, 0) is 14.3 Å². The van der Waals surface area contributed by atoms with E-state index >= 15 is 0 Å². The van der Waals surface area contributed by atoms with Gasteiger partial charge in [-0.25, -0.2) is 4.79 Å². The van der Waals surface area contributed by atoms with E-state index in [1.54, 1.807) is 6.92 Å². The van der Waals surface area contributed by atoms with Crippen LogP contribution in [0.1, 0.15) is 48.7 Å². The number of hydrogen-bond donors (Lipinski definition) is 0. The Balaban J connectivity index is 1.79. The Morgan fingerprint density at radius 1 is 1.07 bits per heavy atom. The first-order chi connectivity index (χ1) is 13.5. The summed E-state index contributed by atoms with van der Waals surface area (Å²) in [6.07, 6.45) is 1.12. The molecular formula is C23H23NO4. The molecule has 1 unspecified atom stereocenters. The highest BCUT2D eigenvalue weighted by Crippen LogP contribution is 2.46. The molecule has 0 bridgehead atoms. The maximum atomic E-state index is 13.3. The maximum absolute atomic E-state index is 13.3. The molecule has 1 aliphatic carbocycles. The van der Waals surface area contributed by atoms with Gasteiger partial charge in [0.05, 0.1) is 24.5 Å². The number of ether oxygens (including phenoxy) is 1. The number of allylic oxidation sites excluding steroid dienone is 1. The van der Waals surface area contributed by atoms with Gasteiger partial charge in [0.1, 0.15) is 17.3 Å². The van der Waals surface area contributed by atoms with Crippen molar-refractivity contribution in [2.45, 2.75) is 38.5 Å². The van der Waals surface area contributed by atoms with Gasteiger partial charge in [0.15, 0.2) is 0 Å². The fourth-order valence-corrected chi connectivity index (χ4v) is 4.44. The summed E-state index contributed by atoms with van der Waals surface area (Å²) < 4.78 is 10.9. The van der Waals surface area contributed by atoms with Crippen molar-refractivity contribution in [1.82, 2.24) is 0 Å². The van der Waals surface area contributed by atoms with Crippen LogP contribution in [0.2, 0.25) is 0 Å². The van der Waals surface area contributed by atoms with Gasteiger partial charge in [-0.1, -0.05) is 30.3 Å². The number of benzene rings is 1. The molecule has 1 aromatic heterocycles. The molecule has 28 heavy (non-hydrogen) atoms. The average Bonchev–Trinajstić information content (AvgIpc) is 3.13. The van der Waals surface area contributed by atoms with Gasteiger partial charge in [-0.05, 0) is 43.9 Å². The third kappa shape index (κ3) is 3.11. The maximum Gasteiger partial charge on any atom is 0.336 e. The lowest BCUT2D eigenvalue weighted by molar-refractivity contribution is -0.136. The third-order valence-electron chi connectivity index (χ3n) is 5.70. The van der Waals surface area contributed by atoms with E-state index in [9.17, 15) is 9.59 Å². The van der Waals surface area contributed by atoms with E-state index in [1.165, 1.54) is 7.11 Å². The predicted molar refractivity (Wildman–Crippen MR) is 105 cm³/mol. The molecule has 0 amide bonds. The SMILES string of the molecule is COC(=O)C1=C(C)N=C2C[C@@H](c3ccccc3)CC(=O)C2[C@H]1c1ccc(C)o1. The normalized spacial score (nSPS) is 24.6. The lowest BCUT2D eigenvalue weighted by Gasteiger charge is -2.37. The van der Waals surface area contributed by atoms with Crippen LogP contribution in [0.5, 0.6) is 0 Å². The van der Waals surface area contributed by atoms with E-state index in [2.05, 4.69) is 12.1 Å². The number of fused-ring (bicyclic) bond motifs is 1. The number of furan rings is 1. The average molecular weight is 377 g/mol. The number of aryl methyl sites for hydroxylation is 1. The lowest BCUT2D eigenvalue weighted by Crippen LogP contribution is -2.41. The van der Waals surface area contributed by atoms with E-state index in [4.69, 9.17) is 14.1 Å². The highest BCUT2D eigenvalue weighted by atomic mass is 16.5. The zero-order valence-corrected chi connectivity index (χ0v) is 16.3. The Bertz CT molecular complexity index is 983. The first-order valence-corrected chi connectivity index (χ1v) is 9.50. The quantitative estimate of drug-likeness (QED) is 0.747. The molecule has 1 aromatic carbocycles. The van der Waals surface area contributed by atoms with Crippen LogP contribution in [0, 0.1) is 12.8 Å². The van der Waals surface area contributed by atoms with Gasteiger partial charge >= 0.3 is 5.97 Å². The standard InChI is InChI=1S/C23H23NO4/c1-13-9-10-19(28-13)22-20(23(26)27-3)14(2)24-17-11-16(12-18(25)21(17)22)15-7-5-4-6-8-15/h4-10,16,21-22H,11-12H2,1-3H3/t16-,21?,22+/m1/s1. The van der Waals surface area contributed by atoms with Crippen LogP contribution >= 0.6 is 0 Å². The van der Waals surface area contributed by atoms with Crippen molar-refractivity contribution in [3.63, 3.8) is 0 Å². The minimum absolute atomic E-state index is 0.0896. The second-order valence-electron chi connectivity index (χ2n) is 7.48. The van der Waals surface area contributed by atoms with Crippen LogP contribution in [-0.4, -0.2) is 24.6 Å². The van der Waals surface area contributed by atoms with Crippen molar-refractivity contribution in [3.05, 3.63) is 70.8 Å². The highest BCUT2D eigenvalue weighted by Gasteiger charge is 2.47. The number of carbonyl (C=O) groups is 2. The lowest BCUT2D eigenvalue weighted by atomic mass is 9.67. The molecular weight excluding hydrogens is 354 g/mol. The molecule has 1 saturated carbocycles. The summed E-state index contributed by atoms with van der Waals surface area (Å²) in [5.74, 6) is 0.119. The van der Waals surface area contributed by atoms with Gasteiger partial charge < -0.3 is 9.15 Å². The van der Waals surface area contributed by atoms with Gasteiger partial charge in [0.2, 0.25) is 0 Å². The molecule has 3 atom stereocenters. The Hall–Kier alpha value is -2.95. The highest BCUT2D eigenvalue weighted by molar-refractivity contribution is 6.12. The molecule has 1 aliphatic heterocycles. The molecule has 2 heterocycles. The molecule has 0 saturated heterocycles. The number of rotatable bonds is 3. The molecule has 1 fully saturated rings. The molecule has 0 radical (unpaired) electrons. The summed E-state index contributed by atoms with van der Waals surface area (Å²) >= 11 is 0. The number of aliphatic imine (C=N–C) groups is 1. The minimum atomic E-state index is -0.488. The Morgan fingerprint density at radius 2 is 1.82 bits per heavy atom. The fourth-order valence-electron chi connectivity index (χ4n) is 4.44. The van der Waals surface area contributed by atoms with Crippen molar-refractivity contribution in [2.24, 2.45) is 10.9 Å². The second kappa shape index (κ2) is 7.23. The summed E-state index contributed by atoms with van der Waals surface area (Å²) in [7, 11) is 1.35. The third-order valence-corrected chi connectivity index (χ3v) is 5.70. The first-order valence-electron chi connectivity index (χ1n) is 9.50. The van der Waals surface area contributed by atoms with E-state index in [-0.39, 0.29) is 11.7 Å². The van der Waals surface area contributed by atoms with E-state index in [0.717, 1.165) is 17.0 Å². The number of hydrogen-bond acceptors (Lipinski definition) is 5. The summed E-state index contributed by atoms with van der Waals surface area (Å²) in [4.78, 5) is 30.5. The molecule has 4 rings (SSSR count). The molecule has 144 valence electrons. The second-order valence-corrected chi connectivity index (χ2v) is 7.48. The van der Waals surface area contributed by atoms with Gasteiger partial charge in [-0.3, -0.25) is 9.79 Å². The van der Waals surface area contributed by atoms with Gasteiger partial charge in [-0.15, -0.1) is 0 Å². The number of esters is 1. The van der Waals surface area contributed by atoms with Gasteiger partial charge in [0, 0.05) is 17.8 Å². The summed E-state index contributed by atoms with van der Waals surface area (Å²) in [6.45, 7) is 3.65. The zero-order valence-electron chi connectivity index (χ0n) is 16.3. The predicted octanol–water partition coefficient (Wildman–Crippen LogP) is 4.34. The van der Waals surface area contributed by atoms with Crippen LogP contribution in [0.3, 0.4) is 0 Å². The molecule has 2 aromatic rings. The smallest absolute Gasteiger partial charge is 0.336 e. The molecule has 2 aliphatic rings. The summed E-state index contributed by atoms with van der Waals surface area (Å²) in [5, 5.41) is 0. The van der Waals surface area contributed by atoms with E-state index in [1.807, 2.05) is 37.3 Å². The van der Waals surface area contributed by atoms with Crippen molar-refractivity contribution >= 4 is 17.5 Å². The van der Waals surface area contributed by atoms with E-state index < -0.39 is 17.8 Å². The van der Waals surface area contributed by atoms with Crippen molar-refractivity contribution in [1.29, 1.82) is 0 Å². The van der Waals surface area contributed by atoms with Crippen LogP contribution in [0.25, 0.3) is 0 Å². The van der Waals surface area contributed by atoms with Crippen LogP contribution in [0.15, 0.2) is 63.1 Å². The molecule has 5 heteroatoms. The fraction of sp³-hybridized carbons (Fsp3) is 0.348. The van der Waals surface area contributed by atoms with Gasteiger partial charge in [-0.2, -0.15) is 0 Å². The first kappa shape index (κ1) is 18.4. The number of methoxy groups -OCH3 is 1. The number of Topliss-reactive ketones (excluding diaryl/α,β-unsaturated/α-hetero) is 1.